The first-order valence-electron chi connectivity index (χ1n) is 5.88. The number of nitrogens with zero attached hydrogens (tertiary/aromatic N) is 2. The number of esters is 1. The first kappa shape index (κ1) is 15.5. The molecule has 0 spiro atoms. The van der Waals surface area contributed by atoms with Crippen LogP contribution in [0.2, 0.25) is 0 Å². The number of nitrogen functional groups attached to an aromatic ring is 1. The summed E-state index contributed by atoms with van der Waals surface area (Å²) in [4.78, 5) is 19.1. The molecule has 0 radical (unpaired) electrons. The number of anilines is 1. The fourth-order valence-corrected chi connectivity index (χ4v) is 1.67. The Kier molecular flexibility index (Phi) is 4.15. The van der Waals surface area contributed by atoms with Gasteiger partial charge in [-0.2, -0.15) is 0 Å². The minimum Gasteiger partial charge on any atom is -0.464 e. The van der Waals surface area contributed by atoms with Crippen molar-refractivity contribution in [2.45, 2.75) is 6.36 Å². The monoisotopic (exact) mass is 313 g/mol. The van der Waals surface area contributed by atoms with Crippen molar-refractivity contribution < 1.29 is 27.4 Å². The zero-order valence-electron chi connectivity index (χ0n) is 11.2. The number of alkyl halides is 3. The number of carbonyl (C=O) groups is 1. The van der Waals surface area contributed by atoms with E-state index < -0.39 is 18.1 Å². The number of rotatable bonds is 3. The second-order valence-corrected chi connectivity index (χ2v) is 4.02. The summed E-state index contributed by atoms with van der Waals surface area (Å²) in [7, 11) is 1.12. The molecule has 1 heterocycles. The lowest BCUT2D eigenvalue weighted by atomic mass is 10.1. The molecule has 6 nitrogen and oxygen atoms in total. The number of benzene rings is 1. The minimum absolute atomic E-state index is 0.00514. The van der Waals surface area contributed by atoms with Gasteiger partial charge in [0.05, 0.1) is 19.0 Å². The summed E-state index contributed by atoms with van der Waals surface area (Å²) in [5, 5.41) is 0. The van der Waals surface area contributed by atoms with Crippen molar-refractivity contribution in [1.29, 1.82) is 0 Å². The van der Waals surface area contributed by atoms with Gasteiger partial charge in [0.15, 0.2) is 11.5 Å². The van der Waals surface area contributed by atoms with E-state index >= 15 is 0 Å². The van der Waals surface area contributed by atoms with Crippen LogP contribution in [0.15, 0.2) is 30.5 Å². The zero-order valence-corrected chi connectivity index (χ0v) is 11.2. The Labute approximate surface area is 122 Å². The van der Waals surface area contributed by atoms with Gasteiger partial charge in [-0.15, -0.1) is 13.2 Å². The standard InChI is InChI=1S/C13H10F3N3O3/c1-21-12(20)10-11(17)18-6-8(19-10)7-4-2-3-5-9(7)22-13(14,15)16/h2-6H,1H3,(H2,17,18). The summed E-state index contributed by atoms with van der Waals surface area (Å²) >= 11 is 0. The van der Waals surface area contributed by atoms with Crippen LogP contribution in [-0.4, -0.2) is 29.4 Å². The fraction of sp³-hybridized carbons (Fsp3) is 0.154. The third-order valence-corrected chi connectivity index (χ3v) is 2.57. The molecular formula is C13H10F3N3O3. The molecule has 22 heavy (non-hydrogen) atoms. The second kappa shape index (κ2) is 5.88. The number of methoxy groups -OCH3 is 1. The Morgan fingerprint density at radius 1 is 1.27 bits per heavy atom. The molecule has 2 aromatic rings. The normalized spacial score (nSPS) is 11.1. The maximum absolute atomic E-state index is 12.4. The van der Waals surface area contributed by atoms with Crippen molar-refractivity contribution in [2.75, 3.05) is 12.8 Å². The molecule has 1 aromatic carbocycles. The predicted octanol–water partition coefficient (Wildman–Crippen LogP) is 2.41. The molecule has 1 aromatic heterocycles. The zero-order chi connectivity index (χ0) is 16.3. The van der Waals surface area contributed by atoms with Crippen molar-refractivity contribution in [1.82, 2.24) is 9.97 Å². The molecule has 116 valence electrons. The van der Waals surface area contributed by atoms with Crippen LogP contribution in [0.25, 0.3) is 11.3 Å². The Hall–Kier alpha value is -2.84. The Morgan fingerprint density at radius 2 is 1.95 bits per heavy atom. The number of para-hydroxylation sites is 1. The molecule has 0 fully saturated rings. The third kappa shape index (κ3) is 3.43. The van der Waals surface area contributed by atoms with E-state index in [0.29, 0.717) is 0 Å². The van der Waals surface area contributed by atoms with Crippen molar-refractivity contribution in [3.8, 4) is 17.0 Å². The second-order valence-electron chi connectivity index (χ2n) is 4.02. The lowest BCUT2D eigenvalue weighted by Gasteiger charge is -2.13. The SMILES string of the molecule is COC(=O)c1nc(-c2ccccc2OC(F)(F)F)cnc1N. The van der Waals surface area contributed by atoms with Crippen molar-refractivity contribution in [2.24, 2.45) is 0 Å². The van der Waals surface area contributed by atoms with Gasteiger partial charge >= 0.3 is 12.3 Å². The van der Waals surface area contributed by atoms with E-state index in [9.17, 15) is 18.0 Å². The van der Waals surface area contributed by atoms with Crippen molar-refractivity contribution in [3.63, 3.8) is 0 Å². The first-order chi connectivity index (χ1) is 10.3. The van der Waals surface area contributed by atoms with E-state index in [2.05, 4.69) is 19.4 Å². The molecule has 9 heteroatoms. The largest absolute Gasteiger partial charge is 0.573 e. The van der Waals surface area contributed by atoms with Gasteiger partial charge in [-0.3, -0.25) is 0 Å². The maximum atomic E-state index is 12.4. The Morgan fingerprint density at radius 3 is 2.59 bits per heavy atom. The molecule has 0 bridgehead atoms. The number of carbonyl (C=O) groups excluding carboxylic acids is 1. The van der Waals surface area contributed by atoms with Gasteiger partial charge in [0.2, 0.25) is 0 Å². The van der Waals surface area contributed by atoms with Crippen molar-refractivity contribution >= 4 is 11.8 Å². The molecule has 0 aliphatic heterocycles. The van der Waals surface area contributed by atoms with Gasteiger partial charge in [0, 0.05) is 5.56 Å². The number of nitrogens with two attached hydrogens (primary N) is 1. The van der Waals surface area contributed by atoms with Gasteiger partial charge < -0.3 is 15.2 Å². The smallest absolute Gasteiger partial charge is 0.464 e. The summed E-state index contributed by atoms with van der Waals surface area (Å²) < 4.78 is 45.6. The summed E-state index contributed by atoms with van der Waals surface area (Å²) in [5.74, 6) is -1.50. The molecule has 2 N–H and O–H groups in total. The number of hydrogen-bond acceptors (Lipinski definition) is 6. The van der Waals surface area contributed by atoms with E-state index in [1.807, 2.05) is 0 Å². The lowest BCUT2D eigenvalue weighted by Crippen LogP contribution is -2.18. The summed E-state index contributed by atoms with van der Waals surface area (Å²) in [5.41, 5.74) is 5.21. The summed E-state index contributed by atoms with van der Waals surface area (Å²) in [6.07, 6.45) is -3.72. The van der Waals surface area contributed by atoms with Crippen molar-refractivity contribution in [3.05, 3.63) is 36.2 Å². The Balaban J connectivity index is 2.51. The van der Waals surface area contributed by atoms with Crippen LogP contribution < -0.4 is 10.5 Å². The molecule has 2 rings (SSSR count). The molecular weight excluding hydrogens is 303 g/mol. The van der Waals surface area contributed by atoms with Crippen LogP contribution in [0, 0.1) is 0 Å². The summed E-state index contributed by atoms with van der Waals surface area (Å²) in [6, 6.07) is 5.34. The topological polar surface area (TPSA) is 87.3 Å². The number of aromatic nitrogens is 2. The molecule has 0 atom stereocenters. The third-order valence-electron chi connectivity index (χ3n) is 2.57. The van der Waals surface area contributed by atoms with Gasteiger partial charge in [-0.25, -0.2) is 14.8 Å². The van der Waals surface area contributed by atoms with Crippen LogP contribution in [0.3, 0.4) is 0 Å². The van der Waals surface area contributed by atoms with Crippen LogP contribution in [0.4, 0.5) is 19.0 Å². The highest BCUT2D eigenvalue weighted by molar-refractivity contribution is 5.92. The van der Waals surface area contributed by atoms with Crippen LogP contribution >= 0.6 is 0 Å². The number of ether oxygens (including phenoxy) is 2. The maximum Gasteiger partial charge on any atom is 0.573 e. The van der Waals surface area contributed by atoms with E-state index in [4.69, 9.17) is 5.73 Å². The quantitative estimate of drug-likeness (QED) is 0.876. The molecule has 0 unspecified atom stereocenters. The number of halogens is 3. The average Bonchev–Trinajstić information content (AvgIpc) is 2.46. The Bertz CT molecular complexity index is 704. The van der Waals surface area contributed by atoms with Gasteiger partial charge in [0.25, 0.3) is 0 Å². The first-order valence-corrected chi connectivity index (χ1v) is 5.88. The van der Waals surface area contributed by atoms with Gasteiger partial charge in [-0.05, 0) is 12.1 Å². The average molecular weight is 313 g/mol. The van der Waals surface area contributed by atoms with Crippen LogP contribution in [-0.2, 0) is 4.74 Å². The highest BCUT2D eigenvalue weighted by Gasteiger charge is 2.32. The minimum atomic E-state index is -4.86. The fourth-order valence-electron chi connectivity index (χ4n) is 1.67. The molecule has 0 saturated carbocycles. The molecule has 0 aliphatic rings. The molecule has 0 amide bonds. The highest BCUT2D eigenvalue weighted by Crippen LogP contribution is 2.32. The van der Waals surface area contributed by atoms with E-state index in [1.165, 1.54) is 18.2 Å². The number of hydrogen-bond donors (Lipinski definition) is 1. The summed E-state index contributed by atoms with van der Waals surface area (Å²) in [6.45, 7) is 0. The van der Waals surface area contributed by atoms with Crippen LogP contribution in [0.5, 0.6) is 5.75 Å². The van der Waals surface area contributed by atoms with E-state index in [1.54, 1.807) is 0 Å². The molecule has 0 saturated heterocycles. The van der Waals surface area contributed by atoms with E-state index in [0.717, 1.165) is 19.4 Å². The van der Waals surface area contributed by atoms with E-state index in [-0.39, 0.29) is 22.8 Å². The van der Waals surface area contributed by atoms with Gasteiger partial charge in [0.1, 0.15) is 5.75 Å². The lowest BCUT2D eigenvalue weighted by molar-refractivity contribution is -0.274. The van der Waals surface area contributed by atoms with Crippen LogP contribution in [0.1, 0.15) is 10.5 Å². The molecule has 0 aliphatic carbocycles. The predicted molar refractivity (Wildman–Crippen MR) is 69.9 cm³/mol. The highest BCUT2D eigenvalue weighted by atomic mass is 19.4. The van der Waals surface area contributed by atoms with Gasteiger partial charge in [-0.1, -0.05) is 12.1 Å².